The van der Waals surface area contributed by atoms with Gasteiger partial charge in [-0.15, -0.1) is 0 Å². The highest BCUT2D eigenvalue weighted by Gasteiger charge is 2.06. The lowest BCUT2D eigenvalue weighted by Crippen LogP contribution is -1.96. The first-order valence-corrected chi connectivity index (χ1v) is 4.01. The molecule has 3 heteroatoms. The lowest BCUT2D eigenvalue weighted by molar-refractivity contribution is 0.756. The van der Waals surface area contributed by atoms with Crippen molar-refractivity contribution in [2.45, 2.75) is 19.3 Å². The molecule has 0 radical (unpaired) electrons. The maximum absolute atomic E-state index is 8.63. The van der Waals surface area contributed by atoms with Crippen LogP contribution in [0.2, 0.25) is 0 Å². The molecule has 0 saturated carbocycles. The van der Waals surface area contributed by atoms with E-state index < -0.39 is 0 Å². The number of pyridine rings is 1. The van der Waals surface area contributed by atoms with E-state index >= 15 is 0 Å². The Morgan fingerprint density at radius 3 is 2.92 bits per heavy atom. The van der Waals surface area contributed by atoms with Crippen molar-refractivity contribution in [2.24, 2.45) is 0 Å². The highest BCUT2D eigenvalue weighted by molar-refractivity contribution is 5.30. The molecule has 0 N–H and O–H groups in total. The van der Waals surface area contributed by atoms with Crippen LogP contribution < -0.4 is 0 Å². The lowest BCUT2D eigenvalue weighted by Gasteiger charge is -2.05. The van der Waals surface area contributed by atoms with Gasteiger partial charge in [-0.2, -0.15) is 10.5 Å². The SMILES string of the molecule is CC(CC#N)c1cc(C#N)ccn1. The van der Waals surface area contributed by atoms with Gasteiger partial charge in [-0.3, -0.25) is 4.98 Å². The van der Waals surface area contributed by atoms with Crippen LogP contribution in [0.4, 0.5) is 0 Å². The average Bonchev–Trinajstić information content (AvgIpc) is 2.18. The van der Waals surface area contributed by atoms with Crippen molar-refractivity contribution in [3.63, 3.8) is 0 Å². The number of hydrogen-bond donors (Lipinski definition) is 0. The van der Waals surface area contributed by atoms with E-state index in [-0.39, 0.29) is 5.92 Å². The van der Waals surface area contributed by atoms with Crippen LogP contribution in [0, 0.1) is 22.7 Å². The Morgan fingerprint density at radius 2 is 2.31 bits per heavy atom. The highest BCUT2D eigenvalue weighted by atomic mass is 14.7. The van der Waals surface area contributed by atoms with E-state index in [0.29, 0.717) is 12.0 Å². The highest BCUT2D eigenvalue weighted by Crippen LogP contribution is 2.16. The van der Waals surface area contributed by atoms with Gasteiger partial charge in [0.15, 0.2) is 0 Å². The van der Waals surface area contributed by atoms with Crippen molar-refractivity contribution in [3.8, 4) is 12.1 Å². The van der Waals surface area contributed by atoms with Crippen LogP contribution in [0.1, 0.15) is 30.5 Å². The fourth-order valence-corrected chi connectivity index (χ4v) is 1.03. The van der Waals surface area contributed by atoms with E-state index in [0.717, 1.165) is 5.69 Å². The summed E-state index contributed by atoms with van der Waals surface area (Å²) in [6.45, 7) is 1.92. The third-order valence-electron chi connectivity index (χ3n) is 1.81. The summed E-state index contributed by atoms with van der Waals surface area (Å²) in [6, 6.07) is 7.50. The monoisotopic (exact) mass is 171 g/mol. The molecule has 1 aromatic heterocycles. The van der Waals surface area contributed by atoms with E-state index in [1.54, 1.807) is 18.3 Å². The van der Waals surface area contributed by atoms with Crippen LogP contribution in [0.3, 0.4) is 0 Å². The summed E-state index contributed by atoms with van der Waals surface area (Å²) in [6.07, 6.45) is 2.03. The van der Waals surface area contributed by atoms with Crippen LogP contribution >= 0.6 is 0 Å². The molecule has 1 aromatic rings. The van der Waals surface area contributed by atoms with Gasteiger partial charge in [0.25, 0.3) is 0 Å². The zero-order valence-electron chi connectivity index (χ0n) is 7.36. The molecule has 0 spiro atoms. The first-order valence-electron chi connectivity index (χ1n) is 4.01. The van der Waals surface area contributed by atoms with Crippen LogP contribution in [0.5, 0.6) is 0 Å². The quantitative estimate of drug-likeness (QED) is 0.683. The smallest absolute Gasteiger partial charge is 0.0992 e. The second-order valence-corrected chi connectivity index (χ2v) is 2.84. The summed E-state index contributed by atoms with van der Waals surface area (Å²) in [7, 11) is 0. The number of aromatic nitrogens is 1. The van der Waals surface area contributed by atoms with E-state index in [9.17, 15) is 0 Å². The third-order valence-corrected chi connectivity index (χ3v) is 1.81. The molecule has 0 aliphatic heterocycles. The number of nitrogens with zero attached hydrogens (tertiary/aromatic N) is 3. The first kappa shape index (κ1) is 9.22. The lowest BCUT2D eigenvalue weighted by atomic mass is 10.0. The van der Waals surface area contributed by atoms with E-state index in [1.165, 1.54) is 0 Å². The van der Waals surface area contributed by atoms with Gasteiger partial charge >= 0.3 is 0 Å². The fourth-order valence-electron chi connectivity index (χ4n) is 1.03. The van der Waals surface area contributed by atoms with Crippen molar-refractivity contribution in [1.82, 2.24) is 4.98 Å². The maximum Gasteiger partial charge on any atom is 0.0992 e. The Morgan fingerprint density at radius 1 is 1.54 bits per heavy atom. The molecule has 13 heavy (non-hydrogen) atoms. The van der Waals surface area contributed by atoms with E-state index in [2.05, 4.69) is 11.1 Å². The molecule has 1 heterocycles. The van der Waals surface area contributed by atoms with Gasteiger partial charge in [0.1, 0.15) is 0 Å². The molecule has 3 nitrogen and oxygen atoms in total. The van der Waals surface area contributed by atoms with Gasteiger partial charge < -0.3 is 0 Å². The number of nitriles is 2. The molecule has 0 aliphatic rings. The molecule has 0 bridgehead atoms. The summed E-state index contributed by atoms with van der Waals surface area (Å²) in [4.78, 5) is 4.10. The molecular weight excluding hydrogens is 162 g/mol. The Hall–Kier alpha value is -1.87. The second kappa shape index (κ2) is 4.23. The van der Waals surface area contributed by atoms with Crippen LogP contribution in [-0.4, -0.2) is 4.98 Å². The van der Waals surface area contributed by atoms with Crippen LogP contribution in [0.15, 0.2) is 18.3 Å². The molecule has 0 fully saturated rings. The zero-order chi connectivity index (χ0) is 9.68. The summed E-state index contributed by atoms with van der Waals surface area (Å²) in [5, 5.41) is 17.1. The Balaban J connectivity index is 2.91. The minimum absolute atomic E-state index is 0.0956. The minimum atomic E-state index is 0.0956. The Bertz CT molecular complexity index is 370. The third kappa shape index (κ3) is 2.28. The molecular formula is C10H9N3. The van der Waals surface area contributed by atoms with Crippen LogP contribution in [0.25, 0.3) is 0 Å². The number of hydrogen-bond acceptors (Lipinski definition) is 3. The Labute approximate surface area is 77.3 Å². The summed E-state index contributed by atoms with van der Waals surface area (Å²) in [5.41, 5.74) is 1.40. The average molecular weight is 171 g/mol. The van der Waals surface area contributed by atoms with Gasteiger partial charge in [-0.05, 0) is 12.1 Å². The molecule has 0 aliphatic carbocycles. The van der Waals surface area contributed by atoms with Crippen molar-refractivity contribution in [3.05, 3.63) is 29.6 Å². The van der Waals surface area contributed by atoms with Crippen LogP contribution in [-0.2, 0) is 0 Å². The maximum atomic E-state index is 8.63. The van der Waals surface area contributed by atoms with E-state index in [4.69, 9.17) is 10.5 Å². The largest absolute Gasteiger partial charge is 0.261 e. The van der Waals surface area contributed by atoms with Gasteiger partial charge in [0.05, 0.1) is 17.7 Å². The summed E-state index contributed by atoms with van der Waals surface area (Å²) in [5.74, 6) is 0.0956. The van der Waals surface area contributed by atoms with Gasteiger partial charge in [-0.1, -0.05) is 6.92 Å². The molecule has 64 valence electrons. The van der Waals surface area contributed by atoms with Crippen molar-refractivity contribution in [1.29, 1.82) is 10.5 Å². The predicted molar refractivity (Wildman–Crippen MR) is 47.6 cm³/mol. The van der Waals surface area contributed by atoms with Crippen molar-refractivity contribution >= 4 is 0 Å². The predicted octanol–water partition coefficient (Wildman–Crippen LogP) is 1.97. The minimum Gasteiger partial charge on any atom is -0.261 e. The fraction of sp³-hybridized carbons (Fsp3) is 0.300. The topological polar surface area (TPSA) is 60.5 Å². The molecule has 1 atom stereocenters. The number of rotatable bonds is 2. The molecule has 0 aromatic carbocycles. The molecule has 1 unspecified atom stereocenters. The first-order chi connectivity index (χ1) is 6.27. The van der Waals surface area contributed by atoms with Crippen molar-refractivity contribution in [2.75, 3.05) is 0 Å². The van der Waals surface area contributed by atoms with Crippen molar-refractivity contribution < 1.29 is 0 Å². The molecule has 0 amide bonds. The second-order valence-electron chi connectivity index (χ2n) is 2.84. The molecule has 1 rings (SSSR count). The molecule has 0 saturated heterocycles. The Kier molecular flexibility index (Phi) is 3.00. The summed E-state index contributed by atoms with van der Waals surface area (Å²) >= 11 is 0. The normalized spacial score (nSPS) is 11.3. The summed E-state index contributed by atoms with van der Waals surface area (Å²) < 4.78 is 0. The zero-order valence-corrected chi connectivity index (χ0v) is 7.36. The van der Waals surface area contributed by atoms with Gasteiger partial charge in [0, 0.05) is 24.2 Å². The van der Waals surface area contributed by atoms with Gasteiger partial charge in [-0.25, -0.2) is 0 Å². The van der Waals surface area contributed by atoms with Gasteiger partial charge in [0.2, 0.25) is 0 Å². The standard InChI is InChI=1S/C10H9N3/c1-8(2-4-11)10-6-9(7-12)3-5-13-10/h3,5-6,8H,2H2,1H3. The van der Waals surface area contributed by atoms with E-state index in [1.807, 2.05) is 13.0 Å².